The van der Waals surface area contributed by atoms with Crippen LogP contribution in [0.3, 0.4) is 0 Å². The lowest BCUT2D eigenvalue weighted by Gasteiger charge is -2.41. The summed E-state index contributed by atoms with van der Waals surface area (Å²) >= 11 is 0. The van der Waals surface area contributed by atoms with E-state index in [1.54, 1.807) is 24.3 Å². The number of hydrogen-bond donors (Lipinski definition) is 18. The Bertz CT molecular complexity index is 3230. The van der Waals surface area contributed by atoms with Crippen molar-refractivity contribution < 1.29 is 94.5 Å². The summed E-state index contributed by atoms with van der Waals surface area (Å²) in [6.45, 7) is 4.08. The number of hydrogen-bond acceptors (Lipinski definition) is 24. The van der Waals surface area contributed by atoms with Crippen molar-refractivity contribution in [3.8, 4) is 11.5 Å². The molecule has 1 spiro atoms. The number of ether oxygens (including phenoxy) is 1. The van der Waals surface area contributed by atoms with Crippen molar-refractivity contribution >= 4 is 83.2 Å². The molecule has 0 radical (unpaired) electrons. The molecular formula is C69H104Cl2N12O19. The van der Waals surface area contributed by atoms with E-state index in [4.69, 9.17) is 4.74 Å². The van der Waals surface area contributed by atoms with Gasteiger partial charge >= 0.3 is 0 Å². The zero-order valence-electron chi connectivity index (χ0n) is 57.6. The molecule has 3 aromatic rings. The summed E-state index contributed by atoms with van der Waals surface area (Å²) in [5.41, 5.74) is 4.03. The van der Waals surface area contributed by atoms with E-state index in [1.807, 2.05) is 0 Å². The average molecular weight is 1480 g/mol. The quantitative estimate of drug-likeness (QED) is 0.0407. The molecule has 5 aliphatic heterocycles. The van der Waals surface area contributed by atoms with Crippen molar-refractivity contribution in [3.05, 3.63) is 77.9 Å². The molecule has 0 unspecified atom stereocenters. The highest BCUT2D eigenvalue weighted by Gasteiger charge is 2.50. The Morgan fingerprint density at radius 2 is 1.16 bits per heavy atom. The van der Waals surface area contributed by atoms with Gasteiger partial charge in [-0.05, 0) is 117 Å². The Hall–Kier alpha value is -6.95. The normalized spacial score (nSPS) is 26.4. The largest absolute Gasteiger partial charge is 0.504 e. The first-order chi connectivity index (χ1) is 47.9. The van der Waals surface area contributed by atoms with Crippen LogP contribution in [0.25, 0.3) is 0 Å². The van der Waals surface area contributed by atoms with Crippen LogP contribution in [-0.4, -0.2) is 297 Å². The van der Waals surface area contributed by atoms with E-state index in [-0.39, 0.29) is 86.9 Å². The number of β-amino-alcohol motifs (C(OH)–C–C–N with tert-alkyl or cyclic N) is 1. The zero-order valence-corrected chi connectivity index (χ0v) is 59.3. The second-order valence-electron chi connectivity index (χ2n) is 27.7. The first-order valence-electron chi connectivity index (χ1n) is 34.9. The third kappa shape index (κ3) is 20.7. The summed E-state index contributed by atoms with van der Waals surface area (Å²) in [5.74, 6) is -9.01. The Kier molecular flexibility index (Phi) is 30.8. The van der Waals surface area contributed by atoms with E-state index in [0.29, 0.717) is 18.5 Å². The van der Waals surface area contributed by atoms with Gasteiger partial charge in [0.15, 0.2) is 11.5 Å². The molecule has 3 aromatic carbocycles. The molecule has 33 heteroatoms. The van der Waals surface area contributed by atoms with Crippen LogP contribution in [0.2, 0.25) is 0 Å². The maximum atomic E-state index is 15.1. The minimum atomic E-state index is -2.13. The van der Waals surface area contributed by atoms with Crippen molar-refractivity contribution in [2.75, 3.05) is 120 Å². The molecule has 6 fully saturated rings. The highest BCUT2D eigenvalue weighted by molar-refractivity contribution is 6.00. The van der Waals surface area contributed by atoms with Gasteiger partial charge in [0.2, 0.25) is 35.4 Å². The van der Waals surface area contributed by atoms with Gasteiger partial charge < -0.3 is 123 Å². The number of nitrogens with zero attached hydrogens (tertiary/aromatic N) is 5. The van der Waals surface area contributed by atoms with Crippen molar-refractivity contribution in [2.24, 2.45) is 11.3 Å². The topological polar surface area (TPSA) is 452 Å². The first kappa shape index (κ1) is 82.3. The van der Waals surface area contributed by atoms with Crippen LogP contribution in [0.4, 0.5) is 17.1 Å². The molecule has 568 valence electrons. The van der Waals surface area contributed by atoms with Crippen LogP contribution in [0.5, 0.6) is 11.5 Å². The number of nitrogens with one attached hydrogen (secondary N) is 7. The molecule has 5 heterocycles. The summed E-state index contributed by atoms with van der Waals surface area (Å²) in [5, 5.41) is 137. The number of carbonyl (C=O) groups is 7. The minimum Gasteiger partial charge on any atom is -0.504 e. The lowest BCUT2D eigenvalue weighted by molar-refractivity contribution is -0.147. The van der Waals surface area contributed by atoms with E-state index in [0.717, 1.165) is 54.3 Å². The highest BCUT2D eigenvalue weighted by Crippen LogP contribution is 2.47. The van der Waals surface area contributed by atoms with Gasteiger partial charge in [0.05, 0.1) is 75.1 Å². The number of aliphatic hydroxyl groups excluding tert-OH is 10. The van der Waals surface area contributed by atoms with Crippen LogP contribution in [0, 0.1) is 11.3 Å². The third-order valence-electron chi connectivity index (χ3n) is 20.6. The van der Waals surface area contributed by atoms with Gasteiger partial charge in [-0.15, -0.1) is 24.8 Å². The van der Waals surface area contributed by atoms with E-state index >= 15 is 4.79 Å². The number of aliphatic hydroxyl groups is 10. The number of carbonyl (C=O) groups excluding carboxylic acids is 7. The van der Waals surface area contributed by atoms with Gasteiger partial charge in [-0.3, -0.25) is 33.6 Å². The number of halogens is 2. The number of piperazine rings is 1. The molecule has 18 N–H and O–H groups in total. The second kappa shape index (κ2) is 38.2. The summed E-state index contributed by atoms with van der Waals surface area (Å²) in [6.07, 6.45) is -4.50. The average Bonchev–Trinajstić information content (AvgIpc) is 1.59. The summed E-state index contributed by atoms with van der Waals surface area (Å²) < 4.78 is 5.73. The van der Waals surface area contributed by atoms with Crippen LogP contribution in [0.15, 0.2) is 66.7 Å². The van der Waals surface area contributed by atoms with Gasteiger partial charge in [0.25, 0.3) is 5.91 Å². The molecule has 0 bridgehead atoms. The Balaban J connectivity index is 0.00000729. The van der Waals surface area contributed by atoms with E-state index in [1.165, 1.54) is 69.3 Å². The fourth-order valence-electron chi connectivity index (χ4n) is 14.5. The fraction of sp³-hybridized carbons (Fsp3) is 0.638. The first-order valence-corrected chi connectivity index (χ1v) is 34.9. The predicted molar refractivity (Wildman–Crippen MR) is 379 cm³/mol. The Labute approximate surface area is 605 Å². The van der Waals surface area contributed by atoms with Crippen LogP contribution < -0.4 is 56.7 Å². The number of fused-ring (bicyclic) bond motifs is 2. The SMILES string of the molecule is C[C@@H](O)[C@@H]1NC(=O)[C@@H](NC(=O)c2ccc(N3CCN(c4ccc(N5CCC6(CCCC6)CC5)cc4)CC3)cc2)C[C@@H](O)CNC(=O)[C@@H]2[C@@H](O)[C@@H](C)CN2C(=O)[C@H]([C@H](O)CCNC(CO)CO)NC(=O)[C@H]([C@H](O)Cc2ccc(O)c(OCCNC(CO)CO)c2)NC(=O)[C@@H]2C[C@@H](O)CN2C1=O.Cl.Cl. The van der Waals surface area contributed by atoms with Crippen molar-refractivity contribution in [3.63, 3.8) is 0 Å². The number of phenols is 1. The summed E-state index contributed by atoms with van der Waals surface area (Å²) in [6, 6.07) is 6.53. The molecule has 5 saturated heterocycles. The third-order valence-corrected chi connectivity index (χ3v) is 20.6. The molecule has 1 saturated carbocycles. The predicted octanol–water partition coefficient (Wildman–Crippen LogP) is -3.67. The Morgan fingerprint density at radius 1 is 0.618 bits per heavy atom. The molecule has 102 heavy (non-hydrogen) atoms. The van der Waals surface area contributed by atoms with Crippen molar-refractivity contribution in [2.45, 2.75) is 163 Å². The molecule has 6 aliphatic rings. The van der Waals surface area contributed by atoms with Gasteiger partial charge in [0, 0.05) is 113 Å². The van der Waals surface area contributed by atoms with Crippen LogP contribution >= 0.6 is 24.8 Å². The molecule has 0 aromatic heterocycles. The lowest BCUT2D eigenvalue weighted by atomic mass is 9.77. The molecule has 31 nitrogen and oxygen atoms in total. The minimum absolute atomic E-state index is 0. The van der Waals surface area contributed by atoms with Gasteiger partial charge in [-0.25, -0.2) is 0 Å². The number of benzene rings is 3. The number of anilines is 3. The number of piperidine rings is 1. The molecule has 9 rings (SSSR count). The number of aromatic hydroxyl groups is 1. The van der Waals surface area contributed by atoms with Crippen LogP contribution in [-0.2, 0) is 35.2 Å². The van der Waals surface area contributed by atoms with E-state index in [9.17, 15) is 84.9 Å². The number of phenolic OH excluding ortho intramolecular Hbond substituents is 1. The van der Waals surface area contributed by atoms with Gasteiger partial charge in [0.1, 0.15) is 42.9 Å². The zero-order chi connectivity index (χ0) is 71.9. The highest BCUT2D eigenvalue weighted by atomic mass is 35.5. The summed E-state index contributed by atoms with van der Waals surface area (Å²) in [7, 11) is 0. The number of amides is 7. The van der Waals surface area contributed by atoms with Gasteiger partial charge in [-0.1, -0.05) is 25.8 Å². The summed E-state index contributed by atoms with van der Waals surface area (Å²) in [4.78, 5) is 112. The smallest absolute Gasteiger partial charge is 0.251 e. The van der Waals surface area contributed by atoms with Gasteiger partial charge in [-0.2, -0.15) is 0 Å². The van der Waals surface area contributed by atoms with Crippen molar-refractivity contribution in [1.82, 2.24) is 47.0 Å². The second-order valence-corrected chi connectivity index (χ2v) is 27.7. The molecule has 13 atom stereocenters. The van der Waals surface area contributed by atoms with Crippen molar-refractivity contribution in [1.29, 1.82) is 0 Å². The lowest BCUT2D eigenvalue weighted by Crippen LogP contribution is -2.64. The Morgan fingerprint density at radius 3 is 1.74 bits per heavy atom. The maximum Gasteiger partial charge on any atom is 0.251 e. The maximum absolute atomic E-state index is 15.1. The standard InChI is InChI=1S/C69H102N12O19.2ClH/c1-40-34-81-60(61(40)92)66(97)72-33-49(87)31-51(73-62(93)43-6-8-46(9-7-43)78-24-26-79(27-25-78)48-12-10-47(11-13-48)77-22-18-69(19-23-77)16-3-4-17-69)63(94)74-57(41(2)86)67(98)80-35-50(88)32-52(80)64(95)75-58(65(96)76-59(68(81)99)54(90)15-20-70-44(36-82)37-83)55(91)29-42-5-14-53(89)56(30-42)100-28-21-71-45(38-84)39-85;;/h5-14,30,40-41,44-45,49-52,54-55,57-61,70-71,82-92H,3-4,15-29,31-39H2,1-2H3,(H,72,97)(H,73,93)(H,74,94)(H,75,95)(H,76,96);2*1H/t40-,41+,49+,50+,51-,52-,54+,55+,57-,58-,59-,60-,61-;;/m0../s1. The molecule has 1 aliphatic carbocycles. The molecular weight excluding hydrogens is 1370 g/mol. The monoisotopic (exact) mass is 1470 g/mol. The van der Waals surface area contributed by atoms with E-state index in [2.05, 4.69) is 76.2 Å². The van der Waals surface area contributed by atoms with E-state index < -0.39 is 184 Å². The molecule has 7 amide bonds. The number of rotatable bonds is 23. The van der Waals surface area contributed by atoms with Crippen LogP contribution in [0.1, 0.15) is 87.6 Å². The fourth-order valence-corrected chi connectivity index (χ4v) is 14.5.